The van der Waals surface area contributed by atoms with Crippen LogP contribution >= 0.6 is 0 Å². The Morgan fingerprint density at radius 3 is 3.05 bits per heavy atom. The van der Waals surface area contributed by atoms with Crippen LogP contribution < -0.4 is 5.32 Å². The van der Waals surface area contributed by atoms with Gasteiger partial charge in [-0.15, -0.1) is 10.2 Å². The zero-order chi connectivity index (χ0) is 13.1. The second-order valence-electron chi connectivity index (χ2n) is 5.02. The van der Waals surface area contributed by atoms with Gasteiger partial charge in [0.25, 0.3) is 0 Å². The minimum absolute atomic E-state index is 0.734. The molecule has 2 aromatic heterocycles. The van der Waals surface area contributed by atoms with Gasteiger partial charge in [0.2, 0.25) is 0 Å². The summed E-state index contributed by atoms with van der Waals surface area (Å²) in [5.74, 6) is 2.17. The Balaban J connectivity index is 1.61. The quantitative estimate of drug-likeness (QED) is 0.905. The summed E-state index contributed by atoms with van der Waals surface area (Å²) < 4.78 is 7.18. The van der Waals surface area contributed by atoms with Crippen molar-refractivity contribution in [1.29, 1.82) is 0 Å². The van der Waals surface area contributed by atoms with Crippen LogP contribution in [0.25, 0.3) is 0 Å². The molecule has 3 heterocycles. The van der Waals surface area contributed by atoms with Crippen molar-refractivity contribution in [3.05, 3.63) is 29.2 Å². The molecule has 0 unspecified atom stereocenters. The van der Waals surface area contributed by atoms with Crippen molar-refractivity contribution in [3.63, 3.8) is 0 Å². The molecule has 102 valence electrons. The lowest BCUT2D eigenvalue weighted by molar-refractivity contribution is 0.414. The van der Waals surface area contributed by atoms with Crippen molar-refractivity contribution in [1.82, 2.24) is 25.2 Å². The molecular formula is C13H19N5O. The van der Waals surface area contributed by atoms with E-state index in [0.717, 1.165) is 49.0 Å². The van der Waals surface area contributed by atoms with Gasteiger partial charge in [0.05, 0.1) is 12.2 Å². The topological polar surface area (TPSA) is 68.8 Å². The maximum absolute atomic E-state index is 4.92. The molecule has 3 rings (SSSR count). The van der Waals surface area contributed by atoms with Crippen molar-refractivity contribution in [2.24, 2.45) is 0 Å². The standard InChI is InChI=1S/C13H19N5O/c1-10-11(9-19-17-10)7-14-8-13-16-15-12-5-3-2-4-6-18(12)13/h9,14H,2-8H2,1H3. The van der Waals surface area contributed by atoms with Crippen LogP contribution in [0.15, 0.2) is 10.8 Å². The molecular weight excluding hydrogens is 242 g/mol. The molecule has 6 heteroatoms. The van der Waals surface area contributed by atoms with Gasteiger partial charge in [0.15, 0.2) is 0 Å². The van der Waals surface area contributed by atoms with Gasteiger partial charge in [-0.05, 0) is 19.8 Å². The van der Waals surface area contributed by atoms with Gasteiger partial charge in [-0.25, -0.2) is 0 Å². The van der Waals surface area contributed by atoms with Crippen molar-refractivity contribution in [2.75, 3.05) is 0 Å². The monoisotopic (exact) mass is 261 g/mol. The fourth-order valence-corrected chi connectivity index (χ4v) is 2.47. The molecule has 6 nitrogen and oxygen atoms in total. The van der Waals surface area contributed by atoms with Crippen LogP contribution in [0.1, 0.15) is 42.2 Å². The summed E-state index contributed by atoms with van der Waals surface area (Å²) in [7, 11) is 0. The van der Waals surface area contributed by atoms with E-state index < -0.39 is 0 Å². The van der Waals surface area contributed by atoms with E-state index >= 15 is 0 Å². The molecule has 1 N–H and O–H groups in total. The lowest BCUT2D eigenvalue weighted by Gasteiger charge is -2.07. The summed E-state index contributed by atoms with van der Waals surface area (Å²) in [6.45, 7) is 4.48. The molecule has 0 aromatic carbocycles. The summed E-state index contributed by atoms with van der Waals surface area (Å²) in [4.78, 5) is 0. The van der Waals surface area contributed by atoms with Crippen molar-refractivity contribution < 1.29 is 4.52 Å². The summed E-state index contributed by atoms with van der Waals surface area (Å²) in [5, 5.41) is 15.8. The Kier molecular flexibility index (Phi) is 3.59. The summed E-state index contributed by atoms with van der Waals surface area (Å²) >= 11 is 0. The largest absolute Gasteiger partial charge is 0.364 e. The molecule has 0 aliphatic carbocycles. The SMILES string of the molecule is Cc1nocc1CNCc1nnc2n1CCCCC2. The maximum atomic E-state index is 4.92. The first-order valence-corrected chi connectivity index (χ1v) is 6.86. The highest BCUT2D eigenvalue weighted by Crippen LogP contribution is 2.14. The first-order valence-electron chi connectivity index (χ1n) is 6.86. The Hall–Kier alpha value is -1.69. The normalized spacial score (nSPS) is 15.2. The van der Waals surface area contributed by atoms with E-state index in [2.05, 4.69) is 25.2 Å². The first-order chi connectivity index (χ1) is 9.34. The van der Waals surface area contributed by atoms with Crippen LogP contribution in [0.4, 0.5) is 0 Å². The molecule has 0 radical (unpaired) electrons. The van der Waals surface area contributed by atoms with Crippen LogP contribution in [0.3, 0.4) is 0 Å². The molecule has 0 amide bonds. The highest BCUT2D eigenvalue weighted by atomic mass is 16.5. The average molecular weight is 261 g/mol. The third kappa shape index (κ3) is 2.68. The van der Waals surface area contributed by atoms with E-state index in [1.54, 1.807) is 6.26 Å². The van der Waals surface area contributed by atoms with Crippen LogP contribution in [-0.2, 0) is 26.1 Å². The number of fused-ring (bicyclic) bond motifs is 1. The van der Waals surface area contributed by atoms with Crippen molar-refractivity contribution in [2.45, 2.75) is 52.2 Å². The molecule has 0 saturated heterocycles. The zero-order valence-electron chi connectivity index (χ0n) is 11.2. The fraction of sp³-hybridized carbons (Fsp3) is 0.615. The second kappa shape index (κ2) is 5.52. The van der Waals surface area contributed by atoms with E-state index in [4.69, 9.17) is 4.52 Å². The van der Waals surface area contributed by atoms with Gasteiger partial charge in [0.1, 0.15) is 17.9 Å². The average Bonchev–Trinajstić information content (AvgIpc) is 2.90. The van der Waals surface area contributed by atoms with Crippen LogP contribution in [-0.4, -0.2) is 19.9 Å². The number of aryl methyl sites for hydroxylation is 2. The molecule has 0 saturated carbocycles. The van der Waals surface area contributed by atoms with E-state index in [-0.39, 0.29) is 0 Å². The van der Waals surface area contributed by atoms with Gasteiger partial charge in [0, 0.05) is 25.1 Å². The molecule has 19 heavy (non-hydrogen) atoms. The second-order valence-corrected chi connectivity index (χ2v) is 5.02. The highest BCUT2D eigenvalue weighted by Gasteiger charge is 2.14. The summed E-state index contributed by atoms with van der Waals surface area (Å²) in [6.07, 6.45) is 6.48. The number of nitrogens with zero attached hydrogens (tertiary/aromatic N) is 4. The van der Waals surface area contributed by atoms with Crippen molar-refractivity contribution >= 4 is 0 Å². The lowest BCUT2D eigenvalue weighted by atomic mass is 10.2. The van der Waals surface area contributed by atoms with Gasteiger partial charge in [-0.1, -0.05) is 11.6 Å². The van der Waals surface area contributed by atoms with Gasteiger partial charge >= 0.3 is 0 Å². The minimum atomic E-state index is 0.734. The van der Waals surface area contributed by atoms with E-state index in [1.807, 2.05) is 6.92 Å². The summed E-state index contributed by atoms with van der Waals surface area (Å²) in [6, 6.07) is 0. The Bertz CT molecular complexity index is 545. The lowest BCUT2D eigenvalue weighted by Crippen LogP contribution is -2.17. The molecule has 2 aromatic rings. The van der Waals surface area contributed by atoms with Gasteiger partial charge in [-0.3, -0.25) is 0 Å². The molecule has 0 spiro atoms. The smallest absolute Gasteiger partial charge is 0.147 e. The number of hydrogen-bond donors (Lipinski definition) is 1. The maximum Gasteiger partial charge on any atom is 0.147 e. The van der Waals surface area contributed by atoms with E-state index in [1.165, 1.54) is 19.3 Å². The Morgan fingerprint density at radius 1 is 1.26 bits per heavy atom. The molecule has 0 atom stereocenters. The highest BCUT2D eigenvalue weighted by molar-refractivity contribution is 5.12. The van der Waals surface area contributed by atoms with Crippen LogP contribution in [0.2, 0.25) is 0 Å². The van der Waals surface area contributed by atoms with E-state index in [9.17, 15) is 0 Å². The predicted molar refractivity (Wildman–Crippen MR) is 69.4 cm³/mol. The Morgan fingerprint density at radius 2 is 2.21 bits per heavy atom. The third-order valence-corrected chi connectivity index (χ3v) is 3.63. The molecule has 1 aliphatic rings. The fourth-order valence-electron chi connectivity index (χ4n) is 2.47. The first kappa shape index (κ1) is 12.3. The van der Waals surface area contributed by atoms with Gasteiger partial charge in [-0.2, -0.15) is 0 Å². The van der Waals surface area contributed by atoms with Crippen molar-refractivity contribution in [3.8, 4) is 0 Å². The number of nitrogens with one attached hydrogen (secondary N) is 1. The number of rotatable bonds is 4. The Labute approximate surface area is 112 Å². The zero-order valence-corrected chi connectivity index (χ0v) is 11.2. The van der Waals surface area contributed by atoms with Gasteiger partial charge < -0.3 is 14.4 Å². The number of aromatic nitrogens is 4. The third-order valence-electron chi connectivity index (χ3n) is 3.63. The number of hydrogen-bond acceptors (Lipinski definition) is 5. The summed E-state index contributed by atoms with van der Waals surface area (Å²) in [5.41, 5.74) is 2.03. The predicted octanol–water partition coefficient (Wildman–Crippen LogP) is 1.59. The minimum Gasteiger partial charge on any atom is -0.364 e. The molecule has 0 bridgehead atoms. The van der Waals surface area contributed by atoms with Crippen LogP contribution in [0, 0.1) is 6.92 Å². The van der Waals surface area contributed by atoms with E-state index in [0.29, 0.717) is 0 Å². The van der Waals surface area contributed by atoms with Crippen LogP contribution in [0.5, 0.6) is 0 Å². The molecule has 1 aliphatic heterocycles. The molecule has 0 fully saturated rings.